The number of hydrogen-bond acceptors (Lipinski definition) is 7. The van der Waals surface area contributed by atoms with Crippen LogP contribution in [0.1, 0.15) is 21.7 Å². The minimum atomic E-state index is -0.490. The number of nitrogens with one attached hydrogen (secondary N) is 2. The normalized spacial score (nSPS) is 10.5. The maximum atomic E-state index is 12.4. The predicted molar refractivity (Wildman–Crippen MR) is 130 cm³/mol. The number of amides is 2. The molecule has 12 heteroatoms. The molecule has 0 aliphatic carbocycles. The molecule has 176 valence electrons. The second kappa shape index (κ2) is 11.4. The first-order chi connectivity index (χ1) is 16.3. The third-order valence-electron chi connectivity index (χ3n) is 4.65. The van der Waals surface area contributed by atoms with Gasteiger partial charge in [-0.2, -0.15) is 0 Å². The number of nitro benzene ring substituents is 1. The molecule has 2 aromatic carbocycles. The molecule has 0 saturated heterocycles. The van der Waals surface area contributed by atoms with E-state index in [1.807, 2.05) is 0 Å². The van der Waals surface area contributed by atoms with E-state index in [9.17, 15) is 19.7 Å². The molecule has 0 spiro atoms. The number of aromatic nitrogens is 3. The fraction of sp³-hybridized carbons (Fsp3) is 0.182. The minimum absolute atomic E-state index is 0.0434. The summed E-state index contributed by atoms with van der Waals surface area (Å²) in [5.74, 6) is -0.0241. The van der Waals surface area contributed by atoms with Crippen molar-refractivity contribution in [3.8, 4) is 0 Å². The van der Waals surface area contributed by atoms with E-state index in [-0.39, 0.29) is 29.8 Å². The molecule has 1 heterocycles. The SMILES string of the molecule is C=CCn1c(CNC(=O)c2ccc(Cl)cc2)nnc1SCC(=O)Nc1ccc([N+](=O)[O-])cc1C. The second-order valence-corrected chi connectivity index (χ2v) is 8.46. The van der Waals surface area contributed by atoms with Gasteiger partial charge < -0.3 is 15.2 Å². The number of thioether (sulfide) groups is 1. The zero-order chi connectivity index (χ0) is 24.7. The molecule has 0 bridgehead atoms. The highest BCUT2D eigenvalue weighted by Crippen LogP contribution is 2.22. The number of carbonyl (C=O) groups excluding carboxylic acids is 2. The molecule has 0 unspecified atom stereocenters. The molecule has 2 N–H and O–H groups in total. The number of hydrogen-bond donors (Lipinski definition) is 2. The second-order valence-electron chi connectivity index (χ2n) is 7.08. The summed E-state index contributed by atoms with van der Waals surface area (Å²) in [7, 11) is 0. The van der Waals surface area contributed by atoms with E-state index in [1.165, 1.54) is 30.0 Å². The van der Waals surface area contributed by atoms with E-state index in [1.54, 1.807) is 41.8 Å². The third-order valence-corrected chi connectivity index (χ3v) is 5.86. The zero-order valence-electron chi connectivity index (χ0n) is 18.2. The number of halogens is 1. The Labute approximate surface area is 204 Å². The molecule has 0 fully saturated rings. The molecule has 0 saturated carbocycles. The molecular weight excluding hydrogens is 480 g/mol. The first-order valence-corrected chi connectivity index (χ1v) is 11.4. The van der Waals surface area contributed by atoms with Gasteiger partial charge in [-0.3, -0.25) is 19.7 Å². The Morgan fingerprint density at radius 3 is 2.62 bits per heavy atom. The highest BCUT2D eigenvalue weighted by Gasteiger charge is 2.16. The Hall–Kier alpha value is -3.70. The van der Waals surface area contributed by atoms with Gasteiger partial charge in [0.15, 0.2) is 11.0 Å². The number of nitrogens with zero attached hydrogens (tertiary/aromatic N) is 4. The fourth-order valence-electron chi connectivity index (χ4n) is 2.95. The highest BCUT2D eigenvalue weighted by atomic mass is 35.5. The van der Waals surface area contributed by atoms with Gasteiger partial charge in [0, 0.05) is 35.0 Å². The number of carbonyl (C=O) groups is 2. The summed E-state index contributed by atoms with van der Waals surface area (Å²) >= 11 is 7.03. The van der Waals surface area contributed by atoms with E-state index in [2.05, 4.69) is 27.4 Å². The molecule has 3 aromatic rings. The van der Waals surface area contributed by atoms with Crippen LogP contribution in [0.4, 0.5) is 11.4 Å². The third kappa shape index (κ3) is 6.42. The monoisotopic (exact) mass is 500 g/mol. The van der Waals surface area contributed by atoms with Crippen molar-refractivity contribution in [2.45, 2.75) is 25.2 Å². The van der Waals surface area contributed by atoms with Crippen LogP contribution in [0.5, 0.6) is 0 Å². The van der Waals surface area contributed by atoms with Gasteiger partial charge in [0.2, 0.25) is 5.91 Å². The van der Waals surface area contributed by atoms with Crippen LogP contribution in [0.15, 0.2) is 60.3 Å². The number of anilines is 1. The highest BCUT2D eigenvalue weighted by molar-refractivity contribution is 7.99. The van der Waals surface area contributed by atoms with Crippen LogP contribution in [-0.2, 0) is 17.9 Å². The number of allylic oxidation sites excluding steroid dienone is 1. The van der Waals surface area contributed by atoms with Gasteiger partial charge in [-0.25, -0.2) is 0 Å². The fourth-order valence-corrected chi connectivity index (χ4v) is 3.84. The number of aryl methyl sites for hydroxylation is 1. The molecule has 0 aliphatic rings. The molecule has 1 aromatic heterocycles. The Morgan fingerprint density at radius 2 is 1.97 bits per heavy atom. The number of benzene rings is 2. The van der Waals surface area contributed by atoms with Crippen LogP contribution in [0, 0.1) is 17.0 Å². The van der Waals surface area contributed by atoms with Gasteiger partial charge in [-0.15, -0.1) is 16.8 Å². The van der Waals surface area contributed by atoms with E-state index in [4.69, 9.17) is 11.6 Å². The van der Waals surface area contributed by atoms with Crippen molar-refractivity contribution in [1.82, 2.24) is 20.1 Å². The summed E-state index contributed by atoms with van der Waals surface area (Å²) in [6.45, 7) is 5.95. The molecule has 0 aliphatic heterocycles. The Kier molecular flexibility index (Phi) is 8.39. The van der Waals surface area contributed by atoms with Crippen molar-refractivity contribution in [3.63, 3.8) is 0 Å². The predicted octanol–water partition coefficient (Wildman–Crippen LogP) is 3.99. The smallest absolute Gasteiger partial charge is 0.269 e. The Morgan fingerprint density at radius 1 is 1.24 bits per heavy atom. The Bertz CT molecular complexity index is 1230. The summed E-state index contributed by atoms with van der Waals surface area (Å²) in [5, 5.41) is 25.7. The average Bonchev–Trinajstić information content (AvgIpc) is 3.19. The largest absolute Gasteiger partial charge is 0.345 e. The summed E-state index contributed by atoms with van der Waals surface area (Å²) in [4.78, 5) is 35.1. The Balaban J connectivity index is 1.61. The van der Waals surface area contributed by atoms with Crippen LogP contribution >= 0.6 is 23.4 Å². The lowest BCUT2D eigenvalue weighted by molar-refractivity contribution is -0.384. The van der Waals surface area contributed by atoms with Crippen molar-refractivity contribution in [1.29, 1.82) is 0 Å². The lowest BCUT2D eigenvalue weighted by atomic mass is 10.2. The van der Waals surface area contributed by atoms with Crippen molar-refractivity contribution in [3.05, 3.63) is 87.2 Å². The molecule has 3 rings (SSSR count). The standard InChI is InChI=1S/C22H21ClN6O4S/c1-3-10-28-19(12-24-21(31)15-4-6-16(23)7-5-15)26-27-22(28)34-13-20(30)25-18-9-8-17(29(32)33)11-14(18)2/h3-9,11H,1,10,12-13H2,2H3,(H,24,31)(H,25,30). The first-order valence-electron chi connectivity index (χ1n) is 10.0. The van der Waals surface area contributed by atoms with Crippen LogP contribution < -0.4 is 10.6 Å². The van der Waals surface area contributed by atoms with Gasteiger partial charge in [-0.1, -0.05) is 29.4 Å². The van der Waals surface area contributed by atoms with E-state index < -0.39 is 4.92 Å². The van der Waals surface area contributed by atoms with Gasteiger partial charge in [0.05, 0.1) is 17.2 Å². The molecule has 0 radical (unpaired) electrons. The average molecular weight is 501 g/mol. The first kappa shape index (κ1) is 24.9. The zero-order valence-corrected chi connectivity index (χ0v) is 19.7. The van der Waals surface area contributed by atoms with Crippen LogP contribution in [0.2, 0.25) is 5.02 Å². The van der Waals surface area contributed by atoms with Crippen molar-refractivity contribution in [2.75, 3.05) is 11.1 Å². The van der Waals surface area contributed by atoms with Crippen molar-refractivity contribution < 1.29 is 14.5 Å². The maximum Gasteiger partial charge on any atom is 0.269 e. The van der Waals surface area contributed by atoms with E-state index in [0.717, 1.165) is 0 Å². The summed E-state index contributed by atoms with van der Waals surface area (Å²) < 4.78 is 1.75. The topological polar surface area (TPSA) is 132 Å². The molecule has 34 heavy (non-hydrogen) atoms. The lowest BCUT2D eigenvalue weighted by Gasteiger charge is -2.10. The van der Waals surface area contributed by atoms with Crippen molar-refractivity contribution in [2.24, 2.45) is 0 Å². The minimum Gasteiger partial charge on any atom is -0.345 e. The number of rotatable bonds is 10. The van der Waals surface area contributed by atoms with Gasteiger partial charge in [0.1, 0.15) is 0 Å². The van der Waals surface area contributed by atoms with Gasteiger partial charge >= 0.3 is 0 Å². The van der Waals surface area contributed by atoms with E-state index in [0.29, 0.717) is 39.4 Å². The maximum absolute atomic E-state index is 12.4. The molecular formula is C22H21ClN6O4S. The van der Waals surface area contributed by atoms with Gasteiger partial charge in [-0.05, 0) is 42.8 Å². The number of non-ortho nitro benzene ring substituents is 1. The van der Waals surface area contributed by atoms with Crippen LogP contribution in [0.25, 0.3) is 0 Å². The molecule has 2 amide bonds. The van der Waals surface area contributed by atoms with Crippen LogP contribution in [-0.4, -0.2) is 37.3 Å². The number of nitro groups is 1. The quantitative estimate of drug-likeness (QED) is 0.186. The van der Waals surface area contributed by atoms with Crippen LogP contribution in [0.3, 0.4) is 0 Å². The van der Waals surface area contributed by atoms with Gasteiger partial charge in [0.25, 0.3) is 11.6 Å². The molecule has 10 nitrogen and oxygen atoms in total. The van der Waals surface area contributed by atoms with Crippen molar-refractivity contribution >= 4 is 46.6 Å². The summed E-state index contributed by atoms with van der Waals surface area (Å²) in [6, 6.07) is 10.7. The van der Waals surface area contributed by atoms with E-state index >= 15 is 0 Å². The summed E-state index contributed by atoms with van der Waals surface area (Å²) in [5.41, 5.74) is 1.50. The molecule has 0 atom stereocenters. The lowest BCUT2D eigenvalue weighted by Crippen LogP contribution is -2.24. The summed E-state index contributed by atoms with van der Waals surface area (Å²) in [6.07, 6.45) is 1.66.